The predicted octanol–water partition coefficient (Wildman–Crippen LogP) is 2.42. The maximum absolute atomic E-state index is 12.0. The molecule has 2 aromatic carbocycles. The van der Waals surface area contributed by atoms with Crippen molar-refractivity contribution in [1.29, 1.82) is 0 Å². The van der Waals surface area contributed by atoms with Gasteiger partial charge in [0.15, 0.2) is 5.69 Å². The first-order chi connectivity index (χ1) is 9.84. The number of para-hydroxylation sites is 1. The second-order valence-electron chi connectivity index (χ2n) is 4.32. The number of hydroxylamine groups is 1. The number of aromatic amines is 1. The molecule has 1 amide bonds. The fourth-order valence-electron chi connectivity index (χ4n) is 1.94. The maximum Gasteiger partial charge on any atom is 0.295 e. The number of benzene rings is 2. The minimum absolute atomic E-state index is 0.314. The van der Waals surface area contributed by atoms with Crippen molar-refractivity contribution in [3.8, 4) is 0 Å². The van der Waals surface area contributed by atoms with Gasteiger partial charge in [-0.3, -0.25) is 14.7 Å². The van der Waals surface area contributed by atoms with Gasteiger partial charge in [-0.25, -0.2) is 5.48 Å². The zero-order chi connectivity index (χ0) is 13.8. The van der Waals surface area contributed by atoms with Gasteiger partial charge < -0.3 is 0 Å². The predicted molar refractivity (Wildman–Crippen MR) is 74.8 cm³/mol. The lowest BCUT2D eigenvalue weighted by molar-refractivity contribution is 0.0231. The summed E-state index contributed by atoms with van der Waals surface area (Å²) in [5.41, 5.74) is 4.54. The van der Waals surface area contributed by atoms with E-state index in [9.17, 15) is 4.79 Å². The molecule has 1 heterocycles. The Morgan fingerprint density at radius 2 is 1.85 bits per heavy atom. The zero-order valence-electron chi connectivity index (χ0n) is 10.7. The summed E-state index contributed by atoms with van der Waals surface area (Å²) in [5.74, 6) is -0.363. The van der Waals surface area contributed by atoms with Crippen LogP contribution in [0.2, 0.25) is 0 Å². The van der Waals surface area contributed by atoms with Crippen LogP contribution in [0, 0.1) is 0 Å². The average Bonchev–Trinajstić information content (AvgIpc) is 2.92. The summed E-state index contributed by atoms with van der Waals surface area (Å²) in [5, 5.41) is 7.59. The molecule has 20 heavy (non-hydrogen) atoms. The van der Waals surface area contributed by atoms with Crippen LogP contribution in [-0.4, -0.2) is 16.1 Å². The first kappa shape index (κ1) is 12.4. The van der Waals surface area contributed by atoms with E-state index < -0.39 is 0 Å². The molecule has 5 nitrogen and oxygen atoms in total. The Kier molecular flexibility index (Phi) is 3.43. The monoisotopic (exact) mass is 267 g/mol. The third-order valence-corrected chi connectivity index (χ3v) is 2.93. The second-order valence-corrected chi connectivity index (χ2v) is 4.32. The number of carbonyl (C=O) groups is 1. The number of nitrogens with zero attached hydrogens (tertiary/aromatic N) is 1. The van der Waals surface area contributed by atoms with Crippen LogP contribution in [0.15, 0.2) is 54.6 Å². The van der Waals surface area contributed by atoms with Gasteiger partial charge in [0.25, 0.3) is 5.91 Å². The summed E-state index contributed by atoms with van der Waals surface area (Å²) in [6, 6.07) is 17.1. The van der Waals surface area contributed by atoms with E-state index in [2.05, 4.69) is 15.7 Å². The smallest absolute Gasteiger partial charge is 0.277 e. The first-order valence-corrected chi connectivity index (χ1v) is 6.24. The van der Waals surface area contributed by atoms with E-state index in [-0.39, 0.29) is 5.91 Å². The van der Waals surface area contributed by atoms with E-state index in [0.717, 1.165) is 16.5 Å². The normalized spacial score (nSPS) is 10.6. The minimum Gasteiger partial charge on any atom is -0.277 e. The highest BCUT2D eigenvalue weighted by molar-refractivity contribution is 6.04. The van der Waals surface area contributed by atoms with E-state index >= 15 is 0 Å². The number of aromatic nitrogens is 2. The zero-order valence-corrected chi connectivity index (χ0v) is 10.7. The quantitative estimate of drug-likeness (QED) is 0.713. The molecule has 0 bridgehead atoms. The molecule has 3 aromatic rings. The van der Waals surface area contributed by atoms with Crippen LogP contribution in [0.1, 0.15) is 16.1 Å². The van der Waals surface area contributed by atoms with Crippen LogP contribution in [0.4, 0.5) is 0 Å². The number of hydrogen-bond donors (Lipinski definition) is 2. The van der Waals surface area contributed by atoms with Crippen molar-refractivity contribution in [1.82, 2.24) is 15.7 Å². The molecular formula is C15H13N3O2. The standard InChI is InChI=1S/C15H13N3O2/c19-15(18-20-10-11-6-2-1-3-7-11)14-12-8-4-5-9-13(12)16-17-14/h1-9H,10H2,(H,16,17)(H,18,19). The average molecular weight is 267 g/mol. The molecular weight excluding hydrogens is 254 g/mol. The maximum atomic E-state index is 12.0. The molecule has 0 atom stereocenters. The molecule has 3 rings (SSSR count). The van der Waals surface area contributed by atoms with E-state index in [1.165, 1.54) is 0 Å². The summed E-state index contributed by atoms with van der Waals surface area (Å²) >= 11 is 0. The van der Waals surface area contributed by atoms with Gasteiger partial charge in [0, 0.05) is 5.39 Å². The van der Waals surface area contributed by atoms with Crippen molar-refractivity contribution in [2.24, 2.45) is 0 Å². The molecule has 1 aromatic heterocycles. The highest BCUT2D eigenvalue weighted by atomic mass is 16.6. The Labute approximate surface area is 115 Å². The van der Waals surface area contributed by atoms with Crippen LogP contribution in [0.5, 0.6) is 0 Å². The lowest BCUT2D eigenvalue weighted by Crippen LogP contribution is -2.24. The number of H-pyrrole nitrogens is 1. The molecule has 0 unspecified atom stereocenters. The lowest BCUT2D eigenvalue weighted by atomic mass is 10.2. The number of amides is 1. The molecule has 0 radical (unpaired) electrons. The SMILES string of the molecule is O=C(NOCc1ccccc1)c1n[nH]c2ccccc12. The van der Waals surface area contributed by atoms with E-state index in [1.54, 1.807) is 0 Å². The van der Waals surface area contributed by atoms with Crippen LogP contribution < -0.4 is 5.48 Å². The van der Waals surface area contributed by atoms with Gasteiger partial charge in [-0.15, -0.1) is 0 Å². The summed E-state index contributed by atoms with van der Waals surface area (Å²) in [6.45, 7) is 0.314. The minimum atomic E-state index is -0.363. The van der Waals surface area contributed by atoms with Gasteiger partial charge in [0.1, 0.15) is 0 Å². The number of carbonyl (C=O) groups excluding carboxylic acids is 1. The molecule has 0 aliphatic rings. The van der Waals surface area contributed by atoms with Crippen LogP contribution >= 0.6 is 0 Å². The fraction of sp³-hybridized carbons (Fsp3) is 0.0667. The Morgan fingerprint density at radius 3 is 2.70 bits per heavy atom. The van der Waals surface area contributed by atoms with Crippen molar-refractivity contribution >= 4 is 16.8 Å². The summed E-state index contributed by atoms with van der Waals surface area (Å²) in [7, 11) is 0. The van der Waals surface area contributed by atoms with Crippen molar-refractivity contribution < 1.29 is 9.63 Å². The first-order valence-electron chi connectivity index (χ1n) is 6.24. The van der Waals surface area contributed by atoms with E-state index in [1.807, 2.05) is 54.6 Å². The van der Waals surface area contributed by atoms with E-state index in [0.29, 0.717) is 12.3 Å². The van der Waals surface area contributed by atoms with Gasteiger partial charge in [-0.1, -0.05) is 48.5 Å². The van der Waals surface area contributed by atoms with Crippen LogP contribution in [0.25, 0.3) is 10.9 Å². The third kappa shape index (κ3) is 2.53. The second kappa shape index (κ2) is 5.54. The van der Waals surface area contributed by atoms with Gasteiger partial charge in [-0.05, 0) is 11.6 Å². The molecule has 0 saturated carbocycles. The van der Waals surface area contributed by atoms with Gasteiger partial charge in [0.2, 0.25) is 0 Å². The molecule has 0 aliphatic carbocycles. The molecule has 0 spiro atoms. The van der Waals surface area contributed by atoms with Crippen LogP contribution in [-0.2, 0) is 11.4 Å². The summed E-state index contributed by atoms with van der Waals surface area (Å²) in [6.07, 6.45) is 0. The van der Waals surface area contributed by atoms with Crippen molar-refractivity contribution in [2.45, 2.75) is 6.61 Å². The Balaban J connectivity index is 1.65. The van der Waals surface area contributed by atoms with E-state index in [4.69, 9.17) is 4.84 Å². The highest BCUT2D eigenvalue weighted by Gasteiger charge is 2.13. The third-order valence-electron chi connectivity index (χ3n) is 2.93. The number of nitrogens with one attached hydrogen (secondary N) is 2. The van der Waals surface area contributed by atoms with Gasteiger partial charge in [0.05, 0.1) is 12.1 Å². The Hall–Kier alpha value is -2.66. The van der Waals surface area contributed by atoms with Crippen LogP contribution in [0.3, 0.4) is 0 Å². The van der Waals surface area contributed by atoms with Gasteiger partial charge in [-0.2, -0.15) is 5.10 Å². The summed E-state index contributed by atoms with van der Waals surface area (Å²) < 4.78 is 0. The molecule has 2 N–H and O–H groups in total. The van der Waals surface area contributed by atoms with Crippen molar-refractivity contribution in [2.75, 3.05) is 0 Å². The molecule has 0 aliphatic heterocycles. The highest BCUT2D eigenvalue weighted by Crippen LogP contribution is 2.14. The van der Waals surface area contributed by atoms with Crippen molar-refractivity contribution in [3.05, 3.63) is 65.9 Å². The van der Waals surface area contributed by atoms with Crippen molar-refractivity contribution in [3.63, 3.8) is 0 Å². The number of fused-ring (bicyclic) bond motifs is 1. The van der Waals surface area contributed by atoms with Gasteiger partial charge >= 0.3 is 0 Å². The fourth-order valence-corrected chi connectivity index (χ4v) is 1.94. The topological polar surface area (TPSA) is 67.0 Å². The lowest BCUT2D eigenvalue weighted by Gasteiger charge is -2.04. The number of hydrogen-bond acceptors (Lipinski definition) is 3. The molecule has 0 fully saturated rings. The molecule has 5 heteroatoms. The Bertz CT molecular complexity index is 722. The Morgan fingerprint density at radius 1 is 1.10 bits per heavy atom. The molecule has 0 saturated heterocycles. The summed E-state index contributed by atoms with van der Waals surface area (Å²) in [4.78, 5) is 17.2. The number of rotatable bonds is 4. The molecule has 100 valence electrons. The largest absolute Gasteiger partial charge is 0.295 e.